The van der Waals surface area contributed by atoms with E-state index in [0.717, 1.165) is 12.8 Å². The molecule has 1 saturated heterocycles. The molecular formula is C27H31BN2O6S. The van der Waals surface area contributed by atoms with Crippen LogP contribution in [0.15, 0.2) is 65.8 Å². The van der Waals surface area contributed by atoms with Crippen molar-refractivity contribution < 1.29 is 27.3 Å². The molecule has 0 radical (unpaired) electrons. The Labute approximate surface area is 218 Å². The fourth-order valence-electron chi connectivity index (χ4n) is 4.42. The Hall–Kier alpha value is -3.08. The van der Waals surface area contributed by atoms with E-state index in [-0.39, 0.29) is 16.4 Å². The predicted octanol–water partition coefficient (Wildman–Crippen LogP) is 4.24. The maximum Gasteiger partial charge on any atom is 0.494 e. The molecule has 10 heteroatoms. The van der Waals surface area contributed by atoms with Gasteiger partial charge in [-0.05, 0) is 93.9 Å². The number of esters is 1. The quantitative estimate of drug-likeness (QED) is 0.369. The first kappa shape index (κ1) is 25.6. The van der Waals surface area contributed by atoms with Crippen LogP contribution < -0.4 is 10.2 Å². The number of hydrogen-bond acceptors (Lipinski definition) is 6. The summed E-state index contributed by atoms with van der Waals surface area (Å²) in [6, 6.07) is 13.9. The minimum atomic E-state index is -4.07. The van der Waals surface area contributed by atoms with Crippen molar-refractivity contribution in [2.45, 2.75) is 62.6 Å². The van der Waals surface area contributed by atoms with Crippen molar-refractivity contribution in [3.8, 4) is 5.69 Å². The lowest BCUT2D eigenvalue weighted by Gasteiger charge is -2.32. The van der Waals surface area contributed by atoms with Crippen LogP contribution in [0.25, 0.3) is 5.69 Å². The van der Waals surface area contributed by atoms with Gasteiger partial charge in [-0.25, -0.2) is 13.2 Å². The molecule has 0 unspecified atom stereocenters. The first-order valence-corrected chi connectivity index (χ1v) is 13.8. The van der Waals surface area contributed by atoms with Crippen LogP contribution in [-0.2, 0) is 24.1 Å². The molecule has 2 aromatic carbocycles. The molecule has 3 aromatic rings. The van der Waals surface area contributed by atoms with E-state index in [1.165, 1.54) is 13.2 Å². The van der Waals surface area contributed by atoms with E-state index in [9.17, 15) is 13.2 Å². The summed E-state index contributed by atoms with van der Waals surface area (Å²) in [4.78, 5) is 12.3. The molecule has 8 nitrogen and oxygen atoms in total. The lowest BCUT2D eigenvalue weighted by molar-refractivity contribution is 0.00578. The van der Waals surface area contributed by atoms with E-state index < -0.39 is 34.3 Å². The zero-order valence-corrected chi connectivity index (χ0v) is 22.5. The van der Waals surface area contributed by atoms with Gasteiger partial charge in [-0.1, -0.05) is 12.1 Å². The van der Waals surface area contributed by atoms with Gasteiger partial charge in [0.2, 0.25) is 0 Å². The molecule has 37 heavy (non-hydrogen) atoms. The summed E-state index contributed by atoms with van der Waals surface area (Å²) in [5, 5.41) is 0. The minimum Gasteiger partial charge on any atom is -0.465 e. The largest absolute Gasteiger partial charge is 0.494 e. The number of aromatic nitrogens is 1. The number of carbonyl (C=O) groups excluding carboxylic acids is 1. The molecule has 2 fully saturated rings. The lowest BCUT2D eigenvalue weighted by atomic mass is 9.79. The predicted molar refractivity (Wildman–Crippen MR) is 142 cm³/mol. The van der Waals surface area contributed by atoms with Crippen molar-refractivity contribution in [1.82, 2.24) is 4.57 Å². The van der Waals surface area contributed by atoms with Crippen molar-refractivity contribution in [2.75, 3.05) is 11.8 Å². The van der Waals surface area contributed by atoms with E-state index in [2.05, 4.69) is 4.72 Å². The van der Waals surface area contributed by atoms with Gasteiger partial charge in [0.15, 0.2) is 0 Å². The number of carbonyl (C=O) groups is 1. The van der Waals surface area contributed by atoms with Crippen LogP contribution in [0.4, 0.5) is 5.69 Å². The number of methoxy groups -OCH3 is 1. The summed E-state index contributed by atoms with van der Waals surface area (Å²) in [7, 11) is -3.45. The van der Waals surface area contributed by atoms with Crippen LogP contribution in [0, 0.1) is 0 Å². The Balaban J connectivity index is 1.57. The number of anilines is 1. The standard InChI is InChI=1S/C27H31BN2O6S/c1-26(2)27(3,4)36-28(35-26)20-11-13-23(30-14-6-7-15-30)22(17-20)29-37(32,33)24-16-19(25(31)34-5)10-12-21(24)18-8-9-18/h6-7,10-18,29H,8-9H2,1-5H3. The lowest BCUT2D eigenvalue weighted by Crippen LogP contribution is -2.41. The fourth-order valence-corrected chi connectivity index (χ4v) is 5.81. The second-order valence-electron chi connectivity index (χ2n) is 10.6. The average Bonchev–Trinajstić information content (AvgIpc) is 3.49. The summed E-state index contributed by atoms with van der Waals surface area (Å²) in [6.45, 7) is 7.88. The van der Waals surface area contributed by atoms with Crippen LogP contribution >= 0.6 is 0 Å². The van der Waals surface area contributed by atoms with Gasteiger partial charge in [-0.3, -0.25) is 4.72 Å². The molecule has 1 aliphatic heterocycles. The third-order valence-electron chi connectivity index (χ3n) is 7.41. The maximum atomic E-state index is 13.8. The fraction of sp³-hybridized carbons (Fsp3) is 0.370. The number of nitrogens with zero attached hydrogens (tertiary/aromatic N) is 1. The molecule has 1 saturated carbocycles. The first-order valence-electron chi connectivity index (χ1n) is 12.3. The minimum absolute atomic E-state index is 0.0809. The average molecular weight is 522 g/mol. The molecule has 2 aliphatic rings. The van der Waals surface area contributed by atoms with E-state index in [4.69, 9.17) is 14.0 Å². The summed E-state index contributed by atoms with van der Waals surface area (Å²) >= 11 is 0. The molecule has 0 bridgehead atoms. The molecule has 0 spiro atoms. The summed E-state index contributed by atoms with van der Waals surface area (Å²) in [5.41, 5.74) is 1.51. The summed E-state index contributed by atoms with van der Waals surface area (Å²) in [5.74, 6) is -0.437. The SMILES string of the molecule is COC(=O)c1ccc(C2CC2)c(S(=O)(=O)Nc2cc(B3OC(C)(C)C(C)(C)O3)ccc2-n2cccc2)c1. The van der Waals surface area contributed by atoms with Crippen LogP contribution in [0.3, 0.4) is 0 Å². The number of benzene rings is 2. The highest BCUT2D eigenvalue weighted by Gasteiger charge is 2.51. The molecule has 1 aliphatic carbocycles. The topological polar surface area (TPSA) is 95.9 Å². The molecule has 0 atom stereocenters. The first-order chi connectivity index (χ1) is 17.4. The highest BCUT2D eigenvalue weighted by atomic mass is 32.2. The molecule has 1 N–H and O–H groups in total. The van der Waals surface area contributed by atoms with Crippen LogP contribution in [0.5, 0.6) is 0 Å². The summed E-state index contributed by atoms with van der Waals surface area (Å²) in [6.07, 6.45) is 5.50. The van der Waals surface area contributed by atoms with Gasteiger partial charge in [-0.15, -0.1) is 0 Å². The number of hydrogen-bond donors (Lipinski definition) is 1. The third-order valence-corrected chi connectivity index (χ3v) is 8.84. The molecule has 5 rings (SSSR count). The van der Waals surface area contributed by atoms with Gasteiger partial charge >= 0.3 is 13.1 Å². The van der Waals surface area contributed by atoms with Crippen LogP contribution in [0.2, 0.25) is 0 Å². The Morgan fingerprint density at radius 2 is 1.68 bits per heavy atom. The Kier molecular flexibility index (Phi) is 6.25. The Morgan fingerprint density at radius 3 is 2.27 bits per heavy atom. The number of ether oxygens (including phenoxy) is 1. The van der Waals surface area contributed by atoms with Gasteiger partial charge in [0.05, 0.1) is 40.1 Å². The zero-order chi connectivity index (χ0) is 26.6. The highest BCUT2D eigenvalue weighted by Crippen LogP contribution is 2.43. The van der Waals surface area contributed by atoms with Gasteiger partial charge < -0.3 is 18.6 Å². The van der Waals surface area contributed by atoms with Crippen LogP contribution in [-0.4, -0.2) is 44.4 Å². The Morgan fingerprint density at radius 1 is 1.03 bits per heavy atom. The second-order valence-corrected chi connectivity index (χ2v) is 12.2. The highest BCUT2D eigenvalue weighted by molar-refractivity contribution is 7.92. The smallest absolute Gasteiger partial charge is 0.465 e. The van der Waals surface area contributed by atoms with E-state index >= 15 is 0 Å². The van der Waals surface area contributed by atoms with E-state index in [0.29, 0.717) is 22.4 Å². The zero-order valence-electron chi connectivity index (χ0n) is 21.6. The number of nitrogens with one attached hydrogen (secondary N) is 1. The monoisotopic (exact) mass is 522 g/mol. The van der Waals surface area contributed by atoms with Crippen molar-refractivity contribution >= 4 is 34.3 Å². The Bertz CT molecular complexity index is 1430. The van der Waals surface area contributed by atoms with Crippen molar-refractivity contribution in [2.24, 2.45) is 0 Å². The second kappa shape index (κ2) is 9.04. The number of rotatable bonds is 7. The molecule has 2 heterocycles. The van der Waals surface area contributed by atoms with Crippen molar-refractivity contribution in [3.63, 3.8) is 0 Å². The van der Waals surface area contributed by atoms with E-state index in [1.54, 1.807) is 18.2 Å². The van der Waals surface area contributed by atoms with Gasteiger partial charge in [-0.2, -0.15) is 0 Å². The molecule has 1 aromatic heterocycles. The van der Waals surface area contributed by atoms with Gasteiger partial charge in [0, 0.05) is 12.4 Å². The number of sulfonamides is 1. The summed E-state index contributed by atoms with van der Waals surface area (Å²) < 4.78 is 49.6. The van der Waals surface area contributed by atoms with E-state index in [1.807, 2.05) is 68.9 Å². The third kappa shape index (κ3) is 4.81. The molecule has 194 valence electrons. The van der Waals surface area contributed by atoms with Crippen LogP contribution in [0.1, 0.15) is 62.4 Å². The molecular weight excluding hydrogens is 491 g/mol. The van der Waals surface area contributed by atoms with Gasteiger partial charge in [0.1, 0.15) is 0 Å². The van der Waals surface area contributed by atoms with Crippen molar-refractivity contribution in [1.29, 1.82) is 0 Å². The van der Waals surface area contributed by atoms with Gasteiger partial charge in [0.25, 0.3) is 10.0 Å². The maximum absolute atomic E-state index is 13.8. The van der Waals surface area contributed by atoms with Crippen molar-refractivity contribution in [3.05, 3.63) is 72.1 Å². The molecule has 0 amide bonds. The normalized spacial score (nSPS) is 18.6.